The van der Waals surface area contributed by atoms with E-state index in [-0.39, 0.29) is 24.0 Å². The number of hydrogen-bond acceptors (Lipinski definition) is 2. The number of likely N-dealkylation sites (tertiary alicyclic amines) is 1. The second kappa shape index (κ2) is 10.7. The first-order valence-corrected chi connectivity index (χ1v) is 7.42. The molecule has 1 unspecified atom stereocenters. The Morgan fingerprint density at radius 3 is 2.68 bits per heavy atom. The highest BCUT2D eigenvalue weighted by Gasteiger charge is 2.17. The molecule has 2 N–H and O–H groups in total. The minimum Gasteiger partial charge on any atom is -0.357 e. The van der Waals surface area contributed by atoms with Crippen LogP contribution in [-0.2, 0) is 0 Å². The van der Waals surface area contributed by atoms with Crippen molar-refractivity contribution >= 4 is 29.9 Å². The lowest BCUT2D eigenvalue weighted by Crippen LogP contribution is -2.42. The fourth-order valence-corrected chi connectivity index (χ4v) is 2.37. The number of guanidine groups is 1. The van der Waals surface area contributed by atoms with Gasteiger partial charge in [-0.05, 0) is 47.1 Å². The van der Waals surface area contributed by atoms with E-state index in [1.165, 1.54) is 25.8 Å². The third-order valence-electron chi connectivity index (χ3n) is 3.37. The quantitative estimate of drug-likeness (QED) is 0.436. The second-order valence-electron chi connectivity index (χ2n) is 5.44. The third kappa shape index (κ3) is 7.97. The Hall–Kier alpha value is -0.0400. The molecule has 5 heteroatoms. The van der Waals surface area contributed by atoms with Crippen molar-refractivity contribution in [3.8, 4) is 0 Å². The number of nitrogens with one attached hydrogen (secondary N) is 2. The van der Waals surface area contributed by atoms with Gasteiger partial charge in [0.15, 0.2) is 5.96 Å². The first-order valence-electron chi connectivity index (χ1n) is 7.42. The molecule has 4 nitrogen and oxygen atoms in total. The van der Waals surface area contributed by atoms with Crippen LogP contribution in [0.2, 0.25) is 0 Å². The van der Waals surface area contributed by atoms with Crippen molar-refractivity contribution in [3.05, 3.63) is 0 Å². The Bertz CT molecular complexity index is 256. The Kier molecular flexibility index (Phi) is 10.7. The SMILES string of the molecule is CCNC(=NCCN1CCCCC1C)NC(C)C.I. The van der Waals surface area contributed by atoms with Gasteiger partial charge >= 0.3 is 0 Å². The molecule has 1 heterocycles. The number of halogens is 1. The van der Waals surface area contributed by atoms with Gasteiger partial charge in [0.05, 0.1) is 6.54 Å². The first kappa shape index (κ1) is 19.0. The average molecular weight is 382 g/mol. The molecule has 1 saturated heterocycles. The van der Waals surface area contributed by atoms with Crippen molar-refractivity contribution in [2.24, 2.45) is 4.99 Å². The monoisotopic (exact) mass is 382 g/mol. The van der Waals surface area contributed by atoms with Gasteiger partial charge in [0.1, 0.15) is 0 Å². The van der Waals surface area contributed by atoms with Gasteiger partial charge in [-0.15, -0.1) is 24.0 Å². The topological polar surface area (TPSA) is 39.7 Å². The summed E-state index contributed by atoms with van der Waals surface area (Å²) in [6, 6.07) is 1.16. The van der Waals surface area contributed by atoms with Crippen LogP contribution >= 0.6 is 24.0 Å². The minimum absolute atomic E-state index is 0. The summed E-state index contributed by atoms with van der Waals surface area (Å²) in [6.45, 7) is 12.8. The lowest BCUT2D eigenvalue weighted by molar-refractivity contribution is 0.166. The van der Waals surface area contributed by atoms with Crippen molar-refractivity contribution in [1.82, 2.24) is 15.5 Å². The molecule has 0 aliphatic carbocycles. The van der Waals surface area contributed by atoms with Crippen LogP contribution in [0.15, 0.2) is 4.99 Å². The lowest BCUT2D eigenvalue weighted by atomic mass is 10.0. The number of aliphatic imine (C=N–C) groups is 1. The van der Waals surface area contributed by atoms with Crippen molar-refractivity contribution in [2.75, 3.05) is 26.2 Å². The zero-order chi connectivity index (χ0) is 13.4. The third-order valence-corrected chi connectivity index (χ3v) is 3.37. The maximum absolute atomic E-state index is 4.63. The Labute approximate surface area is 135 Å². The lowest BCUT2D eigenvalue weighted by Gasteiger charge is -2.32. The van der Waals surface area contributed by atoms with E-state index in [2.05, 4.69) is 48.2 Å². The molecule has 0 bridgehead atoms. The fourth-order valence-electron chi connectivity index (χ4n) is 2.37. The molecule has 0 aromatic carbocycles. The molecule has 1 atom stereocenters. The van der Waals surface area contributed by atoms with E-state index in [1.807, 2.05) is 0 Å². The summed E-state index contributed by atoms with van der Waals surface area (Å²) >= 11 is 0. The van der Waals surface area contributed by atoms with Gasteiger partial charge in [-0.2, -0.15) is 0 Å². The van der Waals surface area contributed by atoms with Crippen molar-refractivity contribution in [1.29, 1.82) is 0 Å². The highest BCUT2D eigenvalue weighted by Crippen LogP contribution is 2.15. The summed E-state index contributed by atoms with van der Waals surface area (Å²) in [5.41, 5.74) is 0. The Balaban J connectivity index is 0.00000324. The van der Waals surface area contributed by atoms with E-state index in [0.29, 0.717) is 6.04 Å². The number of piperidine rings is 1. The molecule has 1 rings (SSSR count). The van der Waals surface area contributed by atoms with Gasteiger partial charge in [-0.3, -0.25) is 9.89 Å². The van der Waals surface area contributed by atoms with E-state index in [1.54, 1.807) is 0 Å². The number of rotatable bonds is 5. The number of nitrogens with zero attached hydrogens (tertiary/aromatic N) is 2. The molecule has 114 valence electrons. The average Bonchev–Trinajstić information content (AvgIpc) is 2.31. The molecule has 0 aromatic rings. The van der Waals surface area contributed by atoms with E-state index >= 15 is 0 Å². The molecule has 0 saturated carbocycles. The predicted molar refractivity (Wildman–Crippen MR) is 94.6 cm³/mol. The maximum atomic E-state index is 4.63. The zero-order valence-corrected chi connectivity index (χ0v) is 15.2. The molecule has 0 radical (unpaired) electrons. The van der Waals surface area contributed by atoms with Gasteiger partial charge in [0, 0.05) is 25.2 Å². The fraction of sp³-hybridized carbons (Fsp3) is 0.929. The van der Waals surface area contributed by atoms with E-state index in [0.717, 1.165) is 31.6 Å². The van der Waals surface area contributed by atoms with Gasteiger partial charge in [-0.1, -0.05) is 6.42 Å². The van der Waals surface area contributed by atoms with Crippen LogP contribution in [0.25, 0.3) is 0 Å². The summed E-state index contributed by atoms with van der Waals surface area (Å²) in [5.74, 6) is 0.942. The summed E-state index contributed by atoms with van der Waals surface area (Å²) in [6.07, 6.45) is 4.07. The predicted octanol–water partition coefficient (Wildman–Crippen LogP) is 2.44. The summed E-state index contributed by atoms with van der Waals surface area (Å²) < 4.78 is 0. The zero-order valence-electron chi connectivity index (χ0n) is 12.9. The summed E-state index contributed by atoms with van der Waals surface area (Å²) in [7, 11) is 0. The standard InChI is InChI=1S/C14H30N4.HI/c1-5-15-14(17-12(2)3)16-9-11-18-10-7-6-8-13(18)4;/h12-13H,5-11H2,1-4H3,(H2,15,16,17);1H. The van der Waals surface area contributed by atoms with Gasteiger partial charge in [-0.25, -0.2) is 0 Å². The first-order chi connectivity index (χ1) is 8.63. The molecule has 0 aromatic heterocycles. The molecule has 1 aliphatic heterocycles. The number of hydrogen-bond donors (Lipinski definition) is 2. The van der Waals surface area contributed by atoms with Crippen LogP contribution < -0.4 is 10.6 Å². The van der Waals surface area contributed by atoms with Gasteiger partial charge in [0.25, 0.3) is 0 Å². The molecular weight excluding hydrogens is 351 g/mol. The van der Waals surface area contributed by atoms with E-state index in [4.69, 9.17) is 0 Å². The van der Waals surface area contributed by atoms with E-state index in [9.17, 15) is 0 Å². The largest absolute Gasteiger partial charge is 0.357 e. The normalized spacial score (nSPS) is 21.1. The van der Waals surface area contributed by atoms with Crippen LogP contribution in [0.5, 0.6) is 0 Å². The summed E-state index contributed by atoms with van der Waals surface area (Å²) in [5, 5.41) is 6.63. The second-order valence-corrected chi connectivity index (χ2v) is 5.44. The molecular formula is C14H31IN4. The van der Waals surface area contributed by atoms with Crippen LogP contribution in [0.4, 0.5) is 0 Å². The van der Waals surface area contributed by atoms with Crippen LogP contribution in [0.3, 0.4) is 0 Å². The van der Waals surface area contributed by atoms with Crippen LogP contribution in [-0.4, -0.2) is 49.1 Å². The molecule has 0 spiro atoms. The van der Waals surface area contributed by atoms with Crippen molar-refractivity contribution in [2.45, 2.75) is 59.0 Å². The van der Waals surface area contributed by atoms with Gasteiger partial charge in [0.2, 0.25) is 0 Å². The molecule has 1 fully saturated rings. The highest BCUT2D eigenvalue weighted by atomic mass is 127. The van der Waals surface area contributed by atoms with Crippen molar-refractivity contribution in [3.63, 3.8) is 0 Å². The smallest absolute Gasteiger partial charge is 0.191 e. The van der Waals surface area contributed by atoms with Crippen LogP contribution in [0, 0.1) is 0 Å². The Morgan fingerprint density at radius 2 is 2.11 bits per heavy atom. The summed E-state index contributed by atoms with van der Waals surface area (Å²) in [4.78, 5) is 7.20. The molecule has 1 aliphatic rings. The van der Waals surface area contributed by atoms with E-state index < -0.39 is 0 Å². The molecule has 0 amide bonds. The highest BCUT2D eigenvalue weighted by molar-refractivity contribution is 14.0. The van der Waals surface area contributed by atoms with Crippen LogP contribution in [0.1, 0.15) is 47.0 Å². The molecule has 19 heavy (non-hydrogen) atoms. The minimum atomic E-state index is 0. The maximum Gasteiger partial charge on any atom is 0.191 e. The van der Waals surface area contributed by atoms with Crippen molar-refractivity contribution < 1.29 is 0 Å². The van der Waals surface area contributed by atoms with Gasteiger partial charge < -0.3 is 10.6 Å². The Morgan fingerprint density at radius 1 is 1.37 bits per heavy atom.